The molecule has 4 heterocycles. The molecule has 0 N–H and O–H groups in total. The molecule has 0 unspecified atom stereocenters. The number of nitrogens with zero attached hydrogens (tertiary/aromatic N) is 5. The van der Waals surface area contributed by atoms with E-state index in [0.717, 1.165) is 43.1 Å². The van der Waals surface area contributed by atoms with E-state index < -0.39 is 0 Å². The van der Waals surface area contributed by atoms with Crippen LogP contribution < -0.4 is 0 Å². The summed E-state index contributed by atoms with van der Waals surface area (Å²) in [6, 6.07) is 6.11. The third-order valence-corrected chi connectivity index (χ3v) is 4.27. The van der Waals surface area contributed by atoms with Gasteiger partial charge in [0.25, 0.3) is 0 Å². The van der Waals surface area contributed by atoms with Gasteiger partial charge in [-0.3, -0.25) is 14.9 Å². The molecule has 0 bridgehead atoms. The average molecular weight is 317 g/mol. The van der Waals surface area contributed by atoms with E-state index in [9.17, 15) is 0 Å². The van der Waals surface area contributed by atoms with Crippen molar-refractivity contribution in [1.82, 2.24) is 24.8 Å². The number of hydrogen-bond donors (Lipinski definition) is 0. The fourth-order valence-corrected chi connectivity index (χ4v) is 3.11. The molecule has 0 amide bonds. The highest BCUT2D eigenvalue weighted by atomic mass is 15.1. The first-order valence-electron chi connectivity index (χ1n) is 8.16. The highest BCUT2D eigenvalue weighted by Gasteiger charge is 2.19. The molecule has 0 aliphatic carbocycles. The minimum Gasteiger partial charge on any atom is -0.294 e. The van der Waals surface area contributed by atoms with Crippen LogP contribution in [0.25, 0.3) is 11.4 Å². The Bertz CT molecular complexity index is 847. The van der Waals surface area contributed by atoms with E-state index in [2.05, 4.69) is 32.8 Å². The second-order valence-electron chi connectivity index (χ2n) is 6.24. The summed E-state index contributed by atoms with van der Waals surface area (Å²) in [6.45, 7) is 4.88. The maximum Gasteiger partial charge on any atom is 0.160 e. The lowest BCUT2D eigenvalue weighted by molar-refractivity contribution is 0.242. The Morgan fingerprint density at radius 3 is 2.92 bits per heavy atom. The molecule has 4 rings (SSSR count). The highest BCUT2D eigenvalue weighted by Crippen LogP contribution is 2.21. The molecule has 0 spiro atoms. The van der Waals surface area contributed by atoms with Crippen molar-refractivity contribution in [3.8, 4) is 11.4 Å². The Morgan fingerprint density at radius 2 is 2.08 bits per heavy atom. The Morgan fingerprint density at radius 1 is 1.12 bits per heavy atom. The van der Waals surface area contributed by atoms with E-state index in [0.29, 0.717) is 0 Å². The van der Waals surface area contributed by atoms with Crippen LogP contribution in [0.3, 0.4) is 0 Å². The van der Waals surface area contributed by atoms with Gasteiger partial charge in [0.1, 0.15) is 0 Å². The van der Waals surface area contributed by atoms with Gasteiger partial charge in [0.15, 0.2) is 5.82 Å². The Hall–Kier alpha value is -2.66. The third kappa shape index (κ3) is 3.16. The summed E-state index contributed by atoms with van der Waals surface area (Å²) in [5.74, 6) is 0.762. The molecule has 0 atom stereocenters. The van der Waals surface area contributed by atoms with Crippen LogP contribution in [-0.2, 0) is 19.5 Å². The molecule has 0 saturated heterocycles. The molecule has 5 nitrogen and oxygen atoms in total. The van der Waals surface area contributed by atoms with Crippen molar-refractivity contribution < 1.29 is 0 Å². The van der Waals surface area contributed by atoms with Crippen LogP contribution in [0.5, 0.6) is 0 Å². The van der Waals surface area contributed by atoms with E-state index in [1.807, 2.05) is 36.9 Å². The molecular formula is C19H19N5. The third-order valence-electron chi connectivity index (χ3n) is 4.27. The van der Waals surface area contributed by atoms with E-state index in [1.165, 1.54) is 16.7 Å². The monoisotopic (exact) mass is 317 g/mol. The van der Waals surface area contributed by atoms with Crippen molar-refractivity contribution in [3.05, 3.63) is 71.6 Å². The number of aryl methyl sites for hydroxylation is 1. The average Bonchev–Trinajstić information content (AvgIpc) is 2.62. The van der Waals surface area contributed by atoms with Crippen molar-refractivity contribution in [2.24, 2.45) is 0 Å². The van der Waals surface area contributed by atoms with Gasteiger partial charge in [0, 0.05) is 68.2 Å². The topological polar surface area (TPSA) is 54.8 Å². The zero-order chi connectivity index (χ0) is 16.4. The molecule has 0 radical (unpaired) electrons. The van der Waals surface area contributed by atoms with Crippen LogP contribution in [0.4, 0.5) is 0 Å². The lowest BCUT2D eigenvalue weighted by Gasteiger charge is -2.28. The molecule has 0 aromatic carbocycles. The first-order valence-corrected chi connectivity index (χ1v) is 8.16. The number of rotatable bonds is 3. The summed E-state index contributed by atoms with van der Waals surface area (Å²) in [7, 11) is 0. The second-order valence-corrected chi connectivity index (χ2v) is 6.24. The molecule has 24 heavy (non-hydrogen) atoms. The Kier molecular flexibility index (Phi) is 4.01. The molecule has 1 aliphatic heterocycles. The van der Waals surface area contributed by atoms with Crippen LogP contribution in [0.1, 0.15) is 22.4 Å². The summed E-state index contributed by atoms with van der Waals surface area (Å²) < 4.78 is 0. The maximum atomic E-state index is 4.75. The van der Waals surface area contributed by atoms with Gasteiger partial charge in [-0.05, 0) is 30.2 Å². The minimum atomic E-state index is 0.762. The van der Waals surface area contributed by atoms with Gasteiger partial charge in [-0.25, -0.2) is 9.97 Å². The van der Waals surface area contributed by atoms with Crippen LogP contribution in [0.2, 0.25) is 0 Å². The lowest BCUT2D eigenvalue weighted by atomic mass is 10.1. The zero-order valence-corrected chi connectivity index (χ0v) is 13.7. The van der Waals surface area contributed by atoms with Gasteiger partial charge in [0.2, 0.25) is 0 Å². The Balaban J connectivity index is 1.52. The summed E-state index contributed by atoms with van der Waals surface area (Å²) in [5, 5.41) is 0. The van der Waals surface area contributed by atoms with Crippen LogP contribution in [0, 0.1) is 6.92 Å². The van der Waals surface area contributed by atoms with Crippen molar-refractivity contribution in [1.29, 1.82) is 0 Å². The molecule has 3 aromatic rings. The molecule has 120 valence electrons. The molecule has 5 heteroatoms. The lowest BCUT2D eigenvalue weighted by Crippen LogP contribution is -2.31. The zero-order valence-electron chi connectivity index (χ0n) is 13.7. The largest absolute Gasteiger partial charge is 0.294 e. The molecular weight excluding hydrogens is 298 g/mol. The summed E-state index contributed by atoms with van der Waals surface area (Å²) >= 11 is 0. The molecule has 3 aromatic heterocycles. The van der Waals surface area contributed by atoms with Crippen LogP contribution >= 0.6 is 0 Å². The normalized spacial score (nSPS) is 14.4. The van der Waals surface area contributed by atoms with Gasteiger partial charge in [-0.1, -0.05) is 6.07 Å². The van der Waals surface area contributed by atoms with Crippen molar-refractivity contribution in [2.45, 2.75) is 26.4 Å². The number of fused-ring (bicyclic) bond motifs is 1. The van der Waals surface area contributed by atoms with E-state index in [1.54, 1.807) is 6.20 Å². The fourth-order valence-electron chi connectivity index (χ4n) is 3.11. The predicted molar refractivity (Wildman–Crippen MR) is 92.1 cm³/mol. The van der Waals surface area contributed by atoms with Gasteiger partial charge in [-0.15, -0.1) is 0 Å². The van der Waals surface area contributed by atoms with Gasteiger partial charge in [-0.2, -0.15) is 0 Å². The van der Waals surface area contributed by atoms with E-state index in [4.69, 9.17) is 4.98 Å². The standard InChI is InChI=1S/C19H19N5/c1-14-7-15(9-21-8-14)12-24-6-4-18-17(13-24)11-22-19(23-18)16-3-2-5-20-10-16/h2-3,5,7-11H,4,6,12-13H2,1H3. The molecule has 0 saturated carbocycles. The highest BCUT2D eigenvalue weighted by molar-refractivity contribution is 5.53. The van der Waals surface area contributed by atoms with Gasteiger partial charge in [0.05, 0.1) is 5.69 Å². The minimum absolute atomic E-state index is 0.762. The smallest absolute Gasteiger partial charge is 0.160 e. The summed E-state index contributed by atoms with van der Waals surface area (Å²) in [5.41, 5.74) is 5.80. The first-order chi connectivity index (χ1) is 11.8. The van der Waals surface area contributed by atoms with Crippen LogP contribution in [0.15, 0.2) is 49.2 Å². The van der Waals surface area contributed by atoms with Gasteiger partial charge < -0.3 is 0 Å². The van der Waals surface area contributed by atoms with Crippen molar-refractivity contribution >= 4 is 0 Å². The molecule has 1 aliphatic rings. The van der Waals surface area contributed by atoms with Crippen molar-refractivity contribution in [2.75, 3.05) is 6.54 Å². The number of hydrogen-bond acceptors (Lipinski definition) is 5. The van der Waals surface area contributed by atoms with Gasteiger partial charge >= 0.3 is 0 Å². The Labute approximate surface area is 141 Å². The van der Waals surface area contributed by atoms with Crippen molar-refractivity contribution in [3.63, 3.8) is 0 Å². The summed E-state index contributed by atoms with van der Waals surface area (Å²) in [6.07, 6.45) is 10.3. The van der Waals surface area contributed by atoms with Crippen LogP contribution in [-0.4, -0.2) is 31.4 Å². The SMILES string of the molecule is Cc1cncc(CN2CCc3nc(-c4cccnc4)ncc3C2)c1. The predicted octanol–water partition coefficient (Wildman–Crippen LogP) is 2.80. The number of aromatic nitrogens is 4. The molecule has 0 fully saturated rings. The first kappa shape index (κ1) is 14.9. The second kappa shape index (κ2) is 6.45. The summed E-state index contributed by atoms with van der Waals surface area (Å²) in [4.78, 5) is 20.1. The quantitative estimate of drug-likeness (QED) is 0.743. The fraction of sp³-hybridized carbons (Fsp3) is 0.263. The number of pyridine rings is 2. The van der Waals surface area contributed by atoms with E-state index >= 15 is 0 Å². The van der Waals surface area contributed by atoms with E-state index in [-0.39, 0.29) is 0 Å². The maximum absolute atomic E-state index is 4.75.